The van der Waals surface area contributed by atoms with Crippen LogP contribution in [0.2, 0.25) is 0 Å². The van der Waals surface area contributed by atoms with Crippen LogP contribution < -0.4 is 10.1 Å². The number of nitrogens with one attached hydrogen (secondary N) is 1. The van der Waals surface area contributed by atoms with Gasteiger partial charge in [0.1, 0.15) is 11.4 Å². The Morgan fingerprint density at radius 3 is 2.89 bits per heavy atom. The zero-order valence-corrected chi connectivity index (χ0v) is 12.8. The zero-order valence-electron chi connectivity index (χ0n) is 11.2. The maximum absolute atomic E-state index is 5.52. The molecule has 4 nitrogen and oxygen atoms in total. The summed E-state index contributed by atoms with van der Waals surface area (Å²) in [5.74, 6) is 1.51. The molecule has 0 spiro atoms. The fourth-order valence-electron chi connectivity index (χ4n) is 1.77. The molecule has 0 atom stereocenters. The van der Waals surface area contributed by atoms with Crippen molar-refractivity contribution in [1.29, 1.82) is 0 Å². The number of oxazole rings is 1. The topological polar surface area (TPSA) is 47.3 Å². The Morgan fingerprint density at radius 1 is 1.42 bits per heavy atom. The van der Waals surface area contributed by atoms with Crippen LogP contribution >= 0.6 is 15.9 Å². The molecule has 0 aliphatic rings. The van der Waals surface area contributed by atoms with Gasteiger partial charge in [0.05, 0.1) is 12.7 Å². The molecule has 0 saturated heterocycles. The second kappa shape index (κ2) is 6.21. The summed E-state index contributed by atoms with van der Waals surface area (Å²) in [6, 6.07) is 6.23. The molecule has 0 aliphatic carbocycles. The van der Waals surface area contributed by atoms with E-state index in [0.29, 0.717) is 12.6 Å². The molecule has 1 aromatic heterocycles. The van der Waals surface area contributed by atoms with Crippen molar-refractivity contribution in [3.8, 4) is 17.1 Å². The lowest BCUT2D eigenvalue weighted by molar-refractivity contribution is 0.414. The van der Waals surface area contributed by atoms with E-state index < -0.39 is 0 Å². The van der Waals surface area contributed by atoms with Crippen LogP contribution in [0, 0.1) is 0 Å². The summed E-state index contributed by atoms with van der Waals surface area (Å²) in [7, 11) is 1.65. The highest BCUT2D eigenvalue weighted by molar-refractivity contribution is 9.10. The number of methoxy groups -OCH3 is 1. The van der Waals surface area contributed by atoms with Gasteiger partial charge in [0.2, 0.25) is 0 Å². The molecule has 0 bridgehead atoms. The molecule has 0 saturated carbocycles. The van der Waals surface area contributed by atoms with Crippen molar-refractivity contribution in [3.63, 3.8) is 0 Å². The highest BCUT2D eigenvalue weighted by atomic mass is 79.9. The summed E-state index contributed by atoms with van der Waals surface area (Å²) in [4.78, 5) is 4.27. The van der Waals surface area contributed by atoms with Crippen LogP contribution in [0.5, 0.6) is 5.75 Å². The van der Waals surface area contributed by atoms with Crippen LogP contribution in [-0.2, 0) is 6.54 Å². The molecule has 2 rings (SSSR count). The normalized spacial score (nSPS) is 11.0. The van der Waals surface area contributed by atoms with E-state index in [-0.39, 0.29) is 0 Å². The summed E-state index contributed by atoms with van der Waals surface area (Å²) >= 11 is 3.43. The molecule has 1 N–H and O–H groups in total. The molecule has 0 unspecified atom stereocenters. The predicted molar refractivity (Wildman–Crippen MR) is 78.2 cm³/mol. The van der Waals surface area contributed by atoms with Gasteiger partial charge in [-0.15, -0.1) is 0 Å². The van der Waals surface area contributed by atoms with E-state index in [1.807, 2.05) is 18.2 Å². The van der Waals surface area contributed by atoms with Gasteiger partial charge in [-0.2, -0.15) is 0 Å². The lowest BCUT2D eigenvalue weighted by Gasteiger charge is -2.10. The first-order chi connectivity index (χ1) is 9.11. The monoisotopic (exact) mass is 324 g/mol. The highest BCUT2D eigenvalue weighted by Gasteiger charge is 2.15. The van der Waals surface area contributed by atoms with Crippen molar-refractivity contribution >= 4 is 15.9 Å². The van der Waals surface area contributed by atoms with Crippen LogP contribution in [0.25, 0.3) is 11.3 Å². The van der Waals surface area contributed by atoms with Gasteiger partial charge >= 0.3 is 0 Å². The third-order valence-corrected chi connectivity index (χ3v) is 3.22. The van der Waals surface area contributed by atoms with Gasteiger partial charge in [0.15, 0.2) is 12.2 Å². The number of benzene rings is 1. The molecule has 2 aromatic rings. The van der Waals surface area contributed by atoms with Crippen molar-refractivity contribution in [2.75, 3.05) is 7.11 Å². The van der Waals surface area contributed by atoms with Gasteiger partial charge in [-0.25, -0.2) is 4.98 Å². The summed E-state index contributed by atoms with van der Waals surface area (Å²) in [6.07, 6.45) is 1.47. The van der Waals surface area contributed by atoms with Crippen LogP contribution in [0.4, 0.5) is 0 Å². The Hall–Kier alpha value is -1.33. The molecule has 0 radical (unpaired) electrons. The lowest BCUT2D eigenvalue weighted by Crippen LogP contribution is -2.22. The predicted octanol–water partition coefficient (Wildman–Crippen LogP) is 3.61. The lowest BCUT2D eigenvalue weighted by atomic mass is 10.1. The largest absolute Gasteiger partial charge is 0.496 e. The van der Waals surface area contributed by atoms with Crippen molar-refractivity contribution in [1.82, 2.24) is 10.3 Å². The Morgan fingerprint density at radius 2 is 2.21 bits per heavy atom. The van der Waals surface area contributed by atoms with E-state index in [1.54, 1.807) is 7.11 Å². The van der Waals surface area contributed by atoms with E-state index in [0.717, 1.165) is 27.2 Å². The molecule has 5 heteroatoms. The minimum absolute atomic E-state index is 0.399. The average Bonchev–Trinajstić information content (AvgIpc) is 2.84. The summed E-state index contributed by atoms with van der Waals surface area (Å²) in [5.41, 5.74) is 1.79. The van der Waals surface area contributed by atoms with Gasteiger partial charge < -0.3 is 14.5 Å². The SMILES string of the molecule is COc1cc(Br)ccc1-c1ocnc1CNC(C)C. The third-order valence-electron chi connectivity index (χ3n) is 2.73. The fraction of sp³-hybridized carbons (Fsp3) is 0.357. The van der Waals surface area contributed by atoms with Crippen molar-refractivity contribution in [3.05, 3.63) is 34.8 Å². The molecule has 0 amide bonds. The second-order valence-electron chi connectivity index (χ2n) is 4.51. The van der Waals surface area contributed by atoms with E-state index >= 15 is 0 Å². The fourth-order valence-corrected chi connectivity index (χ4v) is 2.11. The van der Waals surface area contributed by atoms with Gasteiger partial charge in [-0.1, -0.05) is 29.8 Å². The number of aromatic nitrogens is 1. The molecule has 1 heterocycles. The minimum atomic E-state index is 0.399. The van der Waals surface area contributed by atoms with Crippen LogP contribution in [0.1, 0.15) is 19.5 Å². The Balaban J connectivity index is 2.34. The van der Waals surface area contributed by atoms with Gasteiger partial charge in [0, 0.05) is 17.1 Å². The quantitative estimate of drug-likeness (QED) is 0.912. The Labute approximate surface area is 121 Å². The molecule has 1 aromatic carbocycles. The number of rotatable bonds is 5. The minimum Gasteiger partial charge on any atom is -0.496 e. The summed E-state index contributed by atoms with van der Waals surface area (Å²) in [5, 5.41) is 3.33. The number of nitrogens with zero attached hydrogens (tertiary/aromatic N) is 1. The Kier molecular flexibility index (Phi) is 4.61. The molecule has 102 valence electrons. The van der Waals surface area contributed by atoms with E-state index in [9.17, 15) is 0 Å². The highest BCUT2D eigenvalue weighted by Crippen LogP contribution is 2.34. The average molecular weight is 325 g/mol. The molecular weight excluding hydrogens is 308 g/mol. The van der Waals surface area contributed by atoms with E-state index in [2.05, 4.69) is 40.1 Å². The zero-order chi connectivity index (χ0) is 13.8. The first-order valence-corrected chi connectivity index (χ1v) is 6.90. The second-order valence-corrected chi connectivity index (χ2v) is 5.42. The molecular formula is C14H17BrN2O2. The van der Waals surface area contributed by atoms with Crippen molar-refractivity contribution < 1.29 is 9.15 Å². The number of ether oxygens (including phenoxy) is 1. The van der Waals surface area contributed by atoms with Crippen molar-refractivity contribution in [2.24, 2.45) is 0 Å². The first-order valence-electron chi connectivity index (χ1n) is 6.11. The van der Waals surface area contributed by atoms with Gasteiger partial charge in [-0.3, -0.25) is 0 Å². The standard InChI is InChI=1S/C14H17BrN2O2/c1-9(2)16-7-12-14(19-8-17-12)11-5-4-10(15)6-13(11)18-3/h4-6,8-9,16H,7H2,1-3H3. The van der Waals surface area contributed by atoms with Crippen molar-refractivity contribution in [2.45, 2.75) is 26.4 Å². The number of hydrogen-bond donors (Lipinski definition) is 1. The number of hydrogen-bond acceptors (Lipinski definition) is 4. The van der Waals surface area contributed by atoms with Crippen LogP contribution in [0.3, 0.4) is 0 Å². The maximum atomic E-state index is 5.52. The summed E-state index contributed by atoms with van der Waals surface area (Å²) in [6.45, 7) is 4.86. The summed E-state index contributed by atoms with van der Waals surface area (Å²) < 4.78 is 11.9. The van der Waals surface area contributed by atoms with Gasteiger partial charge in [-0.05, 0) is 18.2 Å². The molecule has 0 aliphatic heterocycles. The third kappa shape index (κ3) is 3.36. The maximum Gasteiger partial charge on any atom is 0.181 e. The number of halogens is 1. The van der Waals surface area contributed by atoms with E-state index in [4.69, 9.17) is 9.15 Å². The van der Waals surface area contributed by atoms with E-state index in [1.165, 1.54) is 6.39 Å². The van der Waals surface area contributed by atoms with Crippen LogP contribution in [0.15, 0.2) is 33.5 Å². The molecule has 0 fully saturated rings. The van der Waals surface area contributed by atoms with Crippen LogP contribution in [-0.4, -0.2) is 18.1 Å². The molecule has 19 heavy (non-hydrogen) atoms. The smallest absolute Gasteiger partial charge is 0.181 e. The van der Waals surface area contributed by atoms with Gasteiger partial charge in [0.25, 0.3) is 0 Å². The Bertz CT molecular complexity index is 552. The first kappa shape index (κ1) is 14.1.